The van der Waals surface area contributed by atoms with Gasteiger partial charge in [-0.05, 0) is 0 Å². The van der Waals surface area contributed by atoms with Gasteiger partial charge in [-0.2, -0.15) is 0 Å². The zero-order chi connectivity index (χ0) is 0. The molecule has 0 heterocycles. The van der Waals surface area contributed by atoms with Gasteiger partial charge in [0.15, 0.2) is 0 Å². The minimum atomic E-state index is 0. The molecule has 0 unspecified atom stereocenters. The van der Waals surface area contributed by atoms with E-state index in [4.69, 9.17) is 0 Å². The summed E-state index contributed by atoms with van der Waals surface area (Å²) >= 11 is 0. The topological polar surface area (TPSA) is 0 Å². The van der Waals surface area contributed by atoms with Crippen molar-refractivity contribution in [1.29, 1.82) is 0 Å². The monoisotopic (exact) mass is 409 g/mol. The van der Waals surface area contributed by atoms with E-state index in [-0.39, 0.29) is 73.1 Å². The Bertz CT molecular complexity index is 8.00. The van der Waals surface area contributed by atoms with Crippen LogP contribution in [0.25, 0.3) is 0 Å². The Kier molecular flexibility index (Phi) is 156. The standard InChI is InChI=1S/Fe.Ir.Ni.Ru. The number of hydrogen-bond acceptors (Lipinski definition) is 0. The Hall–Kier alpha value is 2.29. The molecule has 0 spiro atoms. The molecule has 0 amide bonds. The molecule has 0 nitrogen and oxygen atoms in total. The first-order chi connectivity index (χ1) is 0. The van der Waals surface area contributed by atoms with Crippen LogP contribution < -0.4 is 0 Å². The third-order valence-electron chi connectivity index (χ3n) is 0. The van der Waals surface area contributed by atoms with Gasteiger partial charge in [-0.1, -0.05) is 0 Å². The summed E-state index contributed by atoms with van der Waals surface area (Å²) in [4.78, 5) is 0. The van der Waals surface area contributed by atoms with Gasteiger partial charge >= 0.3 is 0 Å². The van der Waals surface area contributed by atoms with Crippen molar-refractivity contribution < 1.29 is 73.1 Å². The van der Waals surface area contributed by atoms with Gasteiger partial charge in [-0.3, -0.25) is 0 Å². The molecule has 0 fully saturated rings. The molecule has 0 saturated heterocycles. The molecule has 0 aromatic carbocycles. The van der Waals surface area contributed by atoms with Gasteiger partial charge < -0.3 is 0 Å². The van der Waals surface area contributed by atoms with Gasteiger partial charge in [0.1, 0.15) is 0 Å². The normalized spacial score (nSPS) is 0. The summed E-state index contributed by atoms with van der Waals surface area (Å²) in [5.41, 5.74) is 0. The third-order valence-corrected chi connectivity index (χ3v) is 0. The van der Waals surface area contributed by atoms with E-state index in [1.807, 2.05) is 0 Å². The van der Waals surface area contributed by atoms with Crippen molar-refractivity contribution in [3.05, 3.63) is 0 Å². The van der Waals surface area contributed by atoms with Crippen LogP contribution in [0.15, 0.2) is 0 Å². The summed E-state index contributed by atoms with van der Waals surface area (Å²) in [5.74, 6) is 0. The average Bonchev–Trinajstić information content (AvgIpc) is 0. The van der Waals surface area contributed by atoms with Crippen LogP contribution >= 0.6 is 0 Å². The molecule has 0 N–H and O–H groups in total. The molecule has 0 saturated carbocycles. The molecule has 0 aliphatic rings. The van der Waals surface area contributed by atoms with Crippen LogP contribution in [0.1, 0.15) is 0 Å². The summed E-state index contributed by atoms with van der Waals surface area (Å²) in [6, 6.07) is 0. The van der Waals surface area contributed by atoms with E-state index in [2.05, 4.69) is 0 Å². The Morgan fingerprint density at radius 2 is 1.00 bits per heavy atom. The molecule has 0 rings (SSSR count). The van der Waals surface area contributed by atoms with E-state index in [1.165, 1.54) is 0 Å². The van der Waals surface area contributed by atoms with Crippen molar-refractivity contribution in [2.75, 3.05) is 0 Å². The van der Waals surface area contributed by atoms with Gasteiger partial charge in [0.05, 0.1) is 0 Å². The van der Waals surface area contributed by atoms with Crippen LogP contribution in [0, 0.1) is 0 Å². The first kappa shape index (κ1) is 33.6. The second-order valence-electron chi connectivity index (χ2n) is 0. The summed E-state index contributed by atoms with van der Waals surface area (Å²) < 4.78 is 0. The molecule has 4 heteroatoms. The van der Waals surface area contributed by atoms with Crippen molar-refractivity contribution in [2.24, 2.45) is 0 Å². The molecule has 0 aliphatic carbocycles. The molecule has 1 radical (unpaired) electrons. The fourth-order valence-corrected chi connectivity index (χ4v) is 0. The first-order valence-electron chi connectivity index (χ1n) is 0. The van der Waals surface area contributed by atoms with E-state index in [0.29, 0.717) is 0 Å². The predicted octanol–water partition coefficient (Wildman–Crippen LogP) is -0.0100. The second-order valence-corrected chi connectivity index (χ2v) is 0. The van der Waals surface area contributed by atoms with Crippen molar-refractivity contribution in [3.63, 3.8) is 0 Å². The number of rotatable bonds is 0. The fourth-order valence-electron chi connectivity index (χ4n) is 0. The molecular formula is FeIrNiRu. The first-order valence-corrected chi connectivity index (χ1v) is 0. The van der Waals surface area contributed by atoms with Gasteiger partial charge in [-0.25, -0.2) is 0 Å². The second kappa shape index (κ2) is 18.6. The van der Waals surface area contributed by atoms with Crippen LogP contribution in [-0.2, 0) is 73.1 Å². The van der Waals surface area contributed by atoms with E-state index in [9.17, 15) is 0 Å². The van der Waals surface area contributed by atoms with E-state index < -0.39 is 0 Å². The quantitative estimate of drug-likeness (QED) is 0.496. The Balaban J connectivity index is 0. The summed E-state index contributed by atoms with van der Waals surface area (Å²) in [6.45, 7) is 0. The van der Waals surface area contributed by atoms with Crippen molar-refractivity contribution >= 4 is 0 Å². The van der Waals surface area contributed by atoms with Gasteiger partial charge in [0.2, 0.25) is 0 Å². The summed E-state index contributed by atoms with van der Waals surface area (Å²) in [7, 11) is 0. The minimum absolute atomic E-state index is 0. The van der Waals surface area contributed by atoms with Crippen LogP contribution in [0.5, 0.6) is 0 Å². The summed E-state index contributed by atoms with van der Waals surface area (Å²) in [6.07, 6.45) is 0. The van der Waals surface area contributed by atoms with Crippen LogP contribution in [0.3, 0.4) is 0 Å². The van der Waals surface area contributed by atoms with Crippen LogP contribution in [0.4, 0.5) is 0 Å². The third kappa shape index (κ3) is 8.86. The molecule has 4 heavy (non-hydrogen) atoms. The number of hydrogen-bond donors (Lipinski definition) is 0. The zero-order valence-electron chi connectivity index (χ0n) is 1.36. The largest absolute Gasteiger partial charge is 0 e. The van der Waals surface area contributed by atoms with Crippen molar-refractivity contribution in [3.8, 4) is 0 Å². The van der Waals surface area contributed by atoms with Gasteiger partial charge in [0.25, 0.3) is 0 Å². The van der Waals surface area contributed by atoms with E-state index >= 15 is 0 Å². The maximum Gasteiger partial charge on any atom is 0 e. The molecule has 0 aromatic heterocycles. The van der Waals surface area contributed by atoms with Crippen molar-refractivity contribution in [1.82, 2.24) is 0 Å². The minimum Gasteiger partial charge on any atom is 0 e. The molecule has 0 atom stereocenters. The van der Waals surface area contributed by atoms with E-state index in [0.717, 1.165) is 0 Å². The van der Waals surface area contributed by atoms with Crippen LogP contribution in [0.2, 0.25) is 0 Å². The van der Waals surface area contributed by atoms with E-state index in [1.54, 1.807) is 0 Å². The average molecular weight is 408 g/mol. The molecule has 0 bridgehead atoms. The Morgan fingerprint density at radius 1 is 1.00 bits per heavy atom. The zero-order valence-corrected chi connectivity index (χ0v) is 7.58. The summed E-state index contributed by atoms with van der Waals surface area (Å²) in [5, 5.41) is 0. The maximum absolute atomic E-state index is 0. The maximum atomic E-state index is 0. The van der Waals surface area contributed by atoms with Crippen molar-refractivity contribution in [2.45, 2.75) is 0 Å². The Labute approximate surface area is 72.4 Å². The molecule has 0 aliphatic heterocycles. The molecule has 0 aromatic rings. The smallest absolute Gasteiger partial charge is 0 e. The fraction of sp³-hybridized carbons (Fsp3) is 0. The Morgan fingerprint density at radius 3 is 1.00 bits per heavy atom. The molecular weight excluding hydrogens is 408 g/mol. The van der Waals surface area contributed by atoms with Crippen LogP contribution in [-0.4, -0.2) is 0 Å². The van der Waals surface area contributed by atoms with Gasteiger partial charge in [0, 0.05) is 73.1 Å². The predicted molar refractivity (Wildman–Crippen MR) is 0 cm³/mol. The SMILES string of the molecule is [Fe].[Ir].[Ni].[Ru]. The van der Waals surface area contributed by atoms with Gasteiger partial charge in [-0.15, -0.1) is 0 Å². The molecule has 35 valence electrons.